The first kappa shape index (κ1) is 23.3. The standard InChI is InChI=1S/C23H19ClN6O3S/c1-12-4-6-14(7-5-12)27-21(32)22-29-30-23(34-22)28-20(31)17-10-25-13(2)8-15(17)16-9-19(24)26-11-18(16)33-3/h4-11H,1-3H3,(H,27,32)(H,28,30,31). The average Bonchev–Trinajstić information content (AvgIpc) is 3.29. The van der Waals surface area contributed by atoms with Gasteiger partial charge >= 0.3 is 0 Å². The van der Waals surface area contributed by atoms with Gasteiger partial charge in [0.2, 0.25) is 10.1 Å². The fourth-order valence-electron chi connectivity index (χ4n) is 3.11. The summed E-state index contributed by atoms with van der Waals surface area (Å²) in [7, 11) is 1.51. The van der Waals surface area contributed by atoms with Gasteiger partial charge in [-0.2, -0.15) is 0 Å². The predicted octanol–water partition coefficient (Wildman–Crippen LogP) is 4.78. The van der Waals surface area contributed by atoms with E-state index < -0.39 is 11.8 Å². The summed E-state index contributed by atoms with van der Waals surface area (Å²) in [5.41, 5.74) is 3.84. The van der Waals surface area contributed by atoms with Crippen LogP contribution in [0.15, 0.2) is 48.8 Å². The smallest absolute Gasteiger partial charge is 0.286 e. The highest BCUT2D eigenvalue weighted by atomic mass is 35.5. The number of aromatic nitrogens is 4. The molecule has 0 aliphatic carbocycles. The first-order valence-corrected chi connectivity index (χ1v) is 11.2. The molecule has 2 N–H and O–H groups in total. The minimum absolute atomic E-state index is 0.112. The van der Waals surface area contributed by atoms with Gasteiger partial charge in [0, 0.05) is 28.7 Å². The molecule has 0 unspecified atom stereocenters. The molecule has 0 saturated carbocycles. The summed E-state index contributed by atoms with van der Waals surface area (Å²) >= 11 is 7.04. The number of aryl methyl sites for hydroxylation is 2. The molecule has 4 rings (SSSR count). The van der Waals surface area contributed by atoms with Gasteiger partial charge in [0.05, 0.1) is 18.9 Å². The van der Waals surface area contributed by atoms with E-state index in [1.165, 1.54) is 19.5 Å². The van der Waals surface area contributed by atoms with Gasteiger partial charge in [-0.15, -0.1) is 10.2 Å². The van der Waals surface area contributed by atoms with Gasteiger partial charge in [-0.3, -0.25) is 19.9 Å². The number of methoxy groups -OCH3 is 1. The molecule has 4 aromatic rings. The molecule has 11 heteroatoms. The molecule has 3 aromatic heterocycles. The van der Waals surface area contributed by atoms with E-state index in [4.69, 9.17) is 16.3 Å². The van der Waals surface area contributed by atoms with E-state index >= 15 is 0 Å². The number of pyridine rings is 2. The number of anilines is 2. The predicted molar refractivity (Wildman–Crippen MR) is 131 cm³/mol. The van der Waals surface area contributed by atoms with Crippen molar-refractivity contribution in [3.63, 3.8) is 0 Å². The number of halogens is 1. The highest BCUT2D eigenvalue weighted by molar-refractivity contribution is 7.17. The second-order valence-electron chi connectivity index (χ2n) is 7.27. The van der Waals surface area contributed by atoms with Crippen LogP contribution in [0.2, 0.25) is 5.15 Å². The summed E-state index contributed by atoms with van der Waals surface area (Å²) in [6.07, 6.45) is 2.94. The Balaban J connectivity index is 1.56. The maximum atomic E-state index is 13.1. The maximum Gasteiger partial charge on any atom is 0.286 e. The lowest BCUT2D eigenvalue weighted by molar-refractivity contribution is 0.101. The topological polar surface area (TPSA) is 119 Å². The number of nitrogens with one attached hydrogen (secondary N) is 2. The Bertz CT molecular complexity index is 1370. The van der Waals surface area contributed by atoms with Crippen molar-refractivity contribution in [3.8, 4) is 16.9 Å². The Labute approximate surface area is 204 Å². The highest BCUT2D eigenvalue weighted by Crippen LogP contribution is 2.34. The lowest BCUT2D eigenvalue weighted by Crippen LogP contribution is -2.14. The van der Waals surface area contributed by atoms with Crippen LogP contribution in [0.3, 0.4) is 0 Å². The summed E-state index contributed by atoms with van der Waals surface area (Å²) in [6.45, 7) is 3.77. The molecule has 0 aliphatic rings. The minimum atomic E-state index is -0.473. The van der Waals surface area contributed by atoms with Gasteiger partial charge < -0.3 is 10.1 Å². The largest absolute Gasteiger partial charge is 0.494 e. The fourth-order valence-corrected chi connectivity index (χ4v) is 3.90. The van der Waals surface area contributed by atoms with Crippen LogP contribution < -0.4 is 15.4 Å². The number of nitrogens with zero attached hydrogens (tertiary/aromatic N) is 4. The Kier molecular flexibility index (Phi) is 6.80. The van der Waals surface area contributed by atoms with E-state index in [2.05, 4.69) is 30.8 Å². The summed E-state index contributed by atoms with van der Waals surface area (Å²) in [5.74, 6) is -0.440. The Morgan fingerprint density at radius 2 is 1.71 bits per heavy atom. The van der Waals surface area contributed by atoms with Crippen molar-refractivity contribution in [2.75, 3.05) is 17.7 Å². The van der Waals surface area contributed by atoms with Crippen LogP contribution in [0.5, 0.6) is 5.75 Å². The number of rotatable bonds is 6. The van der Waals surface area contributed by atoms with E-state index in [9.17, 15) is 9.59 Å². The van der Waals surface area contributed by atoms with Crippen molar-refractivity contribution in [3.05, 3.63) is 75.8 Å². The number of ether oxygens (including phenoxy) is 1. The zero-order valence-electron chi connectivity index (χ0n) is 18.4. The van der Waals surface area contributed by atoms with Crippen LogP contribution in [0.4, 0.5) is 10.8 Å². The monoisotopic (exact) mass is 494 g/mol. The molecule has 0 fully saturated rings. The third-order valence-corrected chi connectivity index (χ3v) is 5.82. The Morgan fingerprint density at radius 3 is 2.44 bits per heavy atom. The zero-order chi connectivity index (χ0) is 24.2. The molecule has 3 heterocycles. The van der Waals surface area contributed by atoms with E-state index in [0.717, 1.165) is 16.9 Å². The summed E-state index contributed by atoms with van der Waals surface area (Å²) < 4.78 is 5.39. The molecular weight excluding hydrogens is 476 g/mol. The second kappa shape index (κ2) is 9.94. The number of carbonyl (C=O) groups excluding carboxylic acids is 2. The van der Waals surface area contributed by atoms with E-state index in [1.807, 2.05) is 26.0 Å². The quantitative estimate of drug-likeness (QED) is 0.370. The highest BCUT2D eigenvalue weighted by Gasteiger charge is 2.20. The number of benzene rings is 1. The molecular formula is C23H19ClN6O3S. The average molecular weight is 495 g/mol. The van der Waals surface area contributed by atoms with Crippen molar-refractivity contribution in [1.82, 2.24) is 20.2 Å². The number of carbonyl (C=O) groups is 2. The van der Waals surface area contributed by atoms with Crippen molar-refractivity contribution < 1.29 is 14.3 Å². The van der Waals surface area contributed by atoms with Crippen molar-refractivity contribution >= 4 is 45.6 Å². The SMILES string of the molecule is COc1cnc(Cl)cc1-c1cc(C)ncc1C(=O)Nc1nnc(C(=O)Nc2ccc(C)cc2)s1. The molecule has 0 aliphatic heterocycles. The number of hydrogen-bond donors (Lipinski definition) is 2. The van der Waals surface area contributed by atoms with Crippen LogP contribution in [0.1, 0.15) is 31.4 Å². The molecule has 9 nitrogen and oxygen atoms in total. The second-order valence-corrected chi connectivity index (χ2v) is 8.63. The van der Waals surface area contributed by atoms with Gasteiger partial charge in [0.25, 0.3) is 11.8 Å². The van der Waals surface area contributed by atoms with Gasteiger partial charge in [-0.05, 0) is 38.1 Å². The molecule has 2 amide bonds. The lowest BCUT2D eigenvalue weighted by Gasteiger charge is -2.13. The molecule has 1 aromatic carbocycles. The van der Waals surface area contributed by atoms with Crippen LogP contribution in [0, 0.1) is 13.8 Å². The molecule has 0 radical (unpaired) electrons. The van der Waals surface area contributed by atoms with Crippen LogP contribution in [-0.4, -0.2) is 39.1 Å². The van der Waals surface area contributed by atoms with Crippen LogP contribution >= 0.6 is 22.9 Å². The normalized spacial score (nSPS) is 10.6. The number of amides is 2. The third-order valence-electron chi connectivity index (χ3n) is 4.78. The van der Waals surface area contributed by atoms with Crippen LogP contribution in [0.25, 0.3) is 11.1 Å². The van der Waals surface area contributed by atoms with E-state index in [-0.39, 0.29) is 20.9 Å². The molecule has 172 valence electrons. The number of hydrogen-bond acceptors (Lipinski definition) is 8. The summed E-state index contributed by atoms with van der Waals surface area (Å²) in [5, 5.41) is 13.8. The lowest BCUT2D eigenvalue weighted by atomic mass is 10.0. The van der Waals surface area contributed by atoms with Crippen molar-refractivity contribution in [2.45, 2.75) is 13.8 Å². The van der Waals surface area contributed by atoms with E-state index in [0.29, 0.717) is 28.3 Å². The first-order valence-electron chi connectivity index (χ1n) is 10.0. The molecule has 0 atom stereocenters. The first-order chi connectivity index (χ1) is 16.3. The molecule has 0 bridgehead atoms. The van der Waals surface area contributed by atoms with Crippen molar-refractivity contribution in [1.29, 1.82) is 0 Å². The minimum Gasteiger partial charge on any atom is -0.494 e. The Morgan fingerprint density at radius 1 is 0.941 bits per heavy atom. The molecule has 34 heavy (non-hydrogen) atoms. The van der Waals surface area contributed by atoms with Gasteiger partial charge in [-0.1, -0.05) is 40.6 Å². The Hall–Kier alpha value is -3.89. The van der Waals surface area contributed by atoms with Gasteiger partial charge in [0.1, 0.15) is 10.9 Å². The van der Waals surface area contributed by atoms with Gasteiger partial charge in [0.15, 0.2) is 0 Å². The van der Waals surface area contributed by atoms with Crippen LogP contribution in [-0.2, 0) is 0 Å². The molecule has 0 spiro atoms. The fraction of sp³-hybridized carbons (Fsp3) is 0.130. The maximum absolute atomic E-state index is 13.1. The summed E-state index contributed by atoms with van der Waals surface area (Å²) in [4.78, 5) is 33.9. The molecule has 0 saturated heterocycles. The third kappa shape index (κ3) is 5.19. The zero-order valence-corrected chi connectivity index (χ0v) is 20.0. The van der Waals surface area contributed by atoms with E-state index in [1.54, 1.807) is 24.3 Å². The summed E-state index contributed by atoms with van der Waals surface area (Å²) in [6, 6.07) is 10.7. The van der Waals surface area contributed by atoms with Crippen molar-refractivity contribution in [2.24, 2.45) is 0 Å². The van der Waals surface area contributed by atoms with Gasteiger partial charge in [-0.25, -0.2) is 4.98 Å².